The molecule has 4 N–H and O–H groups in total. The number of benzene rings is 2. The van der Waals surface area contributed by atoms with Crippen molar-refractivity contribution in [3.8, 4) is 0 Å². The van der Waals surface area contributed by atoms with Crippen molar-refractivity contribution in [3.05, 3.63) is 56.6 Å². The highest BCUT2D eigenvalue weighted by Gasteiger charge is 2.31. The molecule has 2 unspecified atom stereocenters. The summed E-state index contributed by atoms with van der Waals surface area (Å²) in [7, 11) is -6.93. The van der Waals surface area contributed by atoms with Crippen LogP contribution in [0.3, 0.4) is 0 Å². The fourth-order valence-electron chi connectivity index (χ4n) is 9.83. The van der Waals surface area contributed by atoms with Crippen LogP contribution in [0.4, 0.5) is 16.2 Å². The van der Waals surface area contributed by atoms with E-state index in [1.165, 1.54) is 57.3 Å². The number of likely N-dealkylation sites (tertiary alicyclic amines) is 2. The van der Waals surface area contributed by atoms with Crippen molar-refractivity contribution in [3.63, 3.8) is 0 Å². The number of hydrogen-bond acceptors (Lipinski definition) is 9. The zero-order valence-electron chi connectivity index (χ0n) is 33.8. The van der Waals surface area contributed by atoms with Gasteiger partial charge >= 0.3 is 6.03 Å². The summed E-state index contributed by atoms with van der Waals surface area (Å²) in [4.78, 5) is 31.6. The summed E-state index contributed by atoms with van der Waals surface area (Å²) >= 11 is 0. The normalized spacial score (nSPS) is 21.4. The molecule has 4 aliphatic carbocycles. The monoisotopic (exact) mass is 810 g/mol. The van der Waals surface area contributed by atoms with E-state index in [4.69, 9.17) is 5.14 Å². The van der Waals surface area contributed by atoms with Crippen LogP contribution in [0.2, 0.25) is 0 Å². The average molecular weight is 811 g/mol. The Hall–Kier alpha value is -3.13. The number of nitrogens with zero attached hydrogens (tertiary/aromatic N) is 3. The first-order chi connectivity index (χ1) is 26.6. The number of sulfonamides is 2. The number of fused-ring (bicyclic) bond motifs is 4. The lowest BCUT2D eigenvalue weighted by Crippen LogP contribution is -2.38. The van der Waals surface area contributed by atoms with Gasteiger partial charge in [0.1, 0.15) is 0 Å². The standard InChI is InChI=1S/C21H31N3O3S.C13H13NO.C8H18N2O2S/c1-14(2)24-10-9-15(12-24)13-28(26,27)23-21(25)22-20-18-7-3-5-16(18)11-17-6-4-8-19(17)20;15-8-14-13-11-5-1-3-9(11)7-10-4-2-6-12(10)13;1-7(2)10-4-3-8(5-10)6-13(9,11)12/h11,14-15H,3-10,12-13H2,1-2H3,(H2,22,23,25);7H,1-6H2;7-8H,3-6H2,1-2H3,(H2,9,11,12). The number of nitrogens with two attached hydrogens (primary N) is 1. The number of carbonyl (C=O) groups excluding carboxylic acids is 2. The maximum Gasteiger partial charge on any atom is 0.332 e. The summed E-state index contributed by atoms with van der Waals surface area (Å²) in [5, 5.41) is 7.90. The van der Waals surface area contributed by atoms with Crippen LogP contribution in [0.15, 0.2) is 17.1 Å². The van der Waals surface area contributed by atoms with Crippen LogP contribution in [-0.4, -0.2) is 88.5 Å². The molecule has 12 nitrogen and oxygen atoms in total. The minimum Gasteiger partial charge on any atom is -0.307 e. The molecule has 56 heavy (non-hydrogen) atoms. The van der Waals surface area contributed by atoms with Gasteiger partial charge < -0.3 is 15.1 Å². The smallest absolute Gasteiger partial charge is 0.307 e. The zero-order valence-corrected chi connectivity index (χ0v) is 35.4. The van der Waals surface area contributed by atoms with E-state index in [9.17, 15) is 26.4 Å². The molecule has 0 saturated carbocycles. The molecule has 6 aliphatic rings. The number of aliphatic imine (C=N–C) groups is 1. The highest BCUT2D eigenvalue weighted by Crippen LogP contribution is 2.40. The van der Waals surface area contributed by atoms with Gasteiger partial charge in [-0.3, -0.25) is 0 Å². The number of urea groups is 1. The number of carbonyl (C=O) groups is 1. The van der Waals surface area contributed by atoms with Crippen LogP contribution in [-0.2, 0) is 76.2 Å². The van der Waals surface area contributed by atoms with Gasteiger partial charge in [-0.25, -0.2) is 36.3 Å². The molecule has 0 radical (unpaired) electrons. The van der Waals surface area contributed by atoms with Crippen LogP contribution < -0.4 is 15.2 Å². The Kier molecular flexibility index (Phi) is 13.8. The number of amides is 2. The summed E-state index contributed by atoms with van der Waals surface area (Å²) in [5.74, 6) is 0.459. The maximum atomic E-state index is 12.6. The minimum atomic E-state index is -3.65. The van der Waals surface area contributed by atoms with E-state index >= 15 is 0 Å². The average Bonchev–Trinajstić information content (AvgIpc) is 3.96. The quantitative estimate of drug-likeness (QED) is 0.221. The van der Waals surface area contributed by atoms with Gasteiger partial charge in [-0.1, -0.05) is 12.1 Å². The number of rotatable bonds is 9. The predicted molar refractivity (Wildman–Crippen MR) is 222 cm³/mol. The van der Waals surface area contributed by atoms with Gasteiger partial charge in [0, 0.05) is 30.9 Å². The topological polar surface area (TPSA) is 171 Å². The molecule has 14 heteroatoms. The van der Waals surface area contributed by atoms with Crippen molar-refractivity contribution in [2.75, 3.05) is 43.0 Å². The Balaban J connectivity index is 0.000000159. The summed E-state index contributed by atoms with van der Waals surface area (Å²) in [6.45, 7) is 12.1. The molecule has 0 spiro atoms. The zero-order chi connectivity index (χ0) is 40.2. The molecule has 2 fully saturated rings. The third-order valence-electron chi connectivity index (χ3n) is 12.6. The van der Waals surface area contributed by atoms with E-state index < -0.39 is 26.1 Å². The molecule has 8 rings (SSSR count). The molecule has 308 valence electrons. The maximum absolute atomic E-state index is 12.6. The minimum absolute atomic E-state index is 0.00858. The molecule has 2 aromatic carbocycles. The molecule has 2 amide bonds. The molecule has 0 aromatic heterocycles. The first-order valence-electron chi connectivity index (χ1n) is 20.8. The first-order valence-corrected chi connectivity index (χ1v) is 24.2. The Morgan fingerprint density at radius 2 is 1.16 bits per heavy atom. The Bertz CT molecular complexity index is 1980. The third kappa shape index (κ3) is 10.7. The SMILES string of the molecule is CC(C)N1CCC(CS(=O)(=O)NC(=O)Nc2c3c(cc4c2CCC4)CCC3)C1.CC(C)N1CCC(CS(N)(=O)=O)C1.O=C=Nc1c2c(cc3c1CCC3)CCC2. The van der Waals surface area contributed by atoms with Crippen LogP contribution in [0, 0.1) is 11.8 Å². The highest BCUT2D eigenvalue weighted by atomic mass is 32.2. The van der Waals surface area contributed by atoms with Crippen LogP contribution >= 0.6 is 0 Å². The summed E-state index contributed by atoms with van der Waals surface area (Å²) < 4.78 is 49.0. The number of nitrogens with one attached hydrogen (secondary N) is 2. The third-order valence-corrected chi connectivity index (χ3v) is 14.9. The van der Waals surface area contributed by atoms with E-state index in [2.05, 4.69) is 64.7 Å². The lowest BCUT2D eigenvalue weighted by atomic mass is 9.99. The van der Waals surface area contributed by atoms with Gasteiger partial charge in [-0.15, -0.1) is 0 Å². The second-order valence-electron chi connectivity index (χ2n) is 17.3. The van der Waals surface area contributed by atoms with Crippen molar-refractivity contribution >= 4 is 43.5 Å². The number of aryl methyl sites for hydroxylation is 4. The predicted octanol–water partition coefficient (Wildman–Crippen LogP) is 5.48. The fourth-order valence-corrected chi connectivity index (χ4v) is 12.1. The highest BCUT2D eigenvalue weighted by molar-refractivity contribution is 7.90. The molecule has 2 aromatic rings. The van der Waals surface area contributed by atoms with E-state index in [1.54, 1.807) is 6.08 Å². The van der Waals surface area contributed by atoms with Crippen molar-refractivity contribution in [1.82, 2.24) is 14.5 Å². The summed E-state index contributed by atoms with van der Waals surface area (Å²) in [5.41, 5.74) is 12.4. The Morgan fingerprint density at radius 1 is 0.732 bits per heavy atom. The van der Waals surface area contributed by atoms with Crippen molar-refractivity contribution in [2.24, 2.45) is 22.0 Å². The lowest BCUT2D eigenvalue weighted by molar-refractivity contribution is 0.256. The van der Waals surface area contributed by atoms with Gasteiger partial charge in [0.25, 0.3) is 0 Å². The number of isocyanates is 1. The number of primary sulfonamides is 1. The molecule has 2 aliphatic heterocycles. The second kappa shape index (κ2) is 18.2. The Morgan fingerprint density at radius 3 is 1.57 bits per heavy atom. The van der Waals surface area contributed by atoms with Gasteiger partial charge in [-0.05, 0) is 187 Å². The Labute approximate surface area is 334 Å². The molecule has 0 bridgehead atoms. The fraction of sp³-hybridized carbons (Fsp3) is 0.667. The molecular weight excluding hydrogens is 749 g/mol. The van der Waals surface area contributed by atoms with Gasteiger partial charge in [0.05, 0.1) is 17.2 Å². The van der Waals surface area contributed by atoms with Crippen LogP contribution in [0.25, 0.3) is 0 Å². The number of anilines is 1. The first kappa shape index (κ1) is 42.5. The van der Waals surface area contributed by atoms with Crippen molar-refractivity contribution in [2.45, 2.75) is 130 Å². The van der Waals surface area contributed by atoms with E-state index in [0.29, 0.717) is 12.1 Å². The van der Waals surface area contributed by atoms with Gasteiger partial charge in [0.15, 0.2) is 0 Å². The lowest BCUT2D eigenvalue weighted by Gasteiger charge is -2.20. The second-order valence-corrected chi connectivity index (χ2v) is 20.7. The molecular formula is C42H62N6O6S2. The van der Waals surface area contributed by atoms with Crippen molar-refractivity contribution < 1.29 is 26.4 Å². The summed E-state index contributed by atoms with van der Waals surface area (Å²) in [6, 6.07) is 4.95. The van der Waals surface area contributed by atoms with E-state index in [0.717, 1.165) is 115 Å². The molecule has 2 saturated heterocycles. The van der Waals surface area contributed by atoms with Gasteiger partial charge in [-0.2, -0.15) is 4.99 Å². The largest absolute Gasteiger partial charge is 0.332 e. The summed E-state index contributed by atoms with van der Waals surface area (Å²) in [6.07, 6.45) is 16.6. The number of hydrogen-bond donors (Lipinski definition) is 3. The molecule has 2 heterocycles. The van der Waals surface area contributed by atoms with Crippen LogP contribution in [0.5, 0.6) is 0 Å². The van der Waals surface area contributed by atoms with Crippen molar-refractivity contribution in [1.29, 1.82) is 0 Å². The van der Waals surface area contributed by atoms with Crippen LogP contribution in [0.1, 0.15) is 111 Å². The molecule has 2 atom stereocenters. The van der Waals surface area contributed by atoms with E-state index in [1.807, 2.05) is 0 Å². The van der Waals surface area contributed by atoms with E-state index in [-0.39, 0.29) is 23.3 Å². The van der Waals surface area contributed by atoms with Gasteiger partial charge in [0.2, 0.25) is 26.1 Å².